The molecule has 2 heterocycles. The van der Waals surface area contributed by atoms with Crippen LogP contribution in [0.15, 0.2) is 11.7 Å². The number of aromatic nitrogens is 2. The van der Waals surface area contributed by atoms with Crippen LogP contribution in [0.5, 0.6) is 0 Å². The molecule has 0 radical (unpaired) electrons. The van der Waals surface area contributed by atoms with Crippen LogP contribution in [-0.4, -0.2) is 21.2 Å². The highest BCUT2D eigenvalue weighted by atomic mass is 32.1. The van der Waals surface area contributed by atoms with Crippen molar-refractivity contribution in [1.82, 2.24) is 9.97 Å². The maximum absolute atomic E-state index is 9.31. The summed E-state index contributed by atoms with van der Waals surface area (Å²) in [6.45, 7) is 2.06. The standard InChI is InChI=1S/C11H12N2OS/c1-6-4-12-9(7-2-8(14)3-7)10-11(6)15-5-13-10/h4-5,7-8,14H,2-3H2,1H3. The number of fused-ring (bicyclic) bond motifs is 1. The highest BCUT2D eigenvalue weighted by Gasteiger charge is 2.31. The molecule has 0 amide bonds. The molecule has 1 aliphatic carbocycles. The first kappa shape index (κ1) is 9.24. The minimum atomic E-state index is -0.133. The fourth-order valence-electron chi connectivity index (χ4n) is 2.10. The van der Waals surface area contributed by atoms with Crippen molar-refractivity contribution in [2.24, 2.45) is 0 Å². The second-order valence-corrected chi connectivity index (χ2v) is 5.03. The van der Waals surface area contributed by atoms with Gasteiger partial charge in [-0.2, -0.15) is 0 Å². The molecule has 0 aliphatic heterocycles. The lowest BCUT2D eigenvalue weighted by molar-refractivity contribution is 0.0737. The van der Waals surface area contributed by atoms with E-state index >= 15 is 0 Å². The first-order valence-electron chi connectivity index (χ1n) is 5.12. The SMILES string of the molecule is Cc1cnc(C2CC(O)C2)c2ncsc12. The summed E-state index contributed by atoms with van der Waals surface area (Å²) in [4.78, 5) is 8.85. The third-order valence-corrected chi connectivity index (χ3v) is 4.03. The van der Waals surface area contributed by atoms with Gasteiger partial charge in [-0.3, -0.25) is 4.98 Å². The largest absolute Gasteiger partial charge is 0.393 e. The van der Waals surface area contributed by atoms with Crippen LogP contribution < -0.4 is 0 Å². The number of nitrogens with zero attached hydrogens (tertiary/aromatic N) is 2. The van der Waals surface area contributed by atoms with E-state index in [0.717, 1.165) is 24.1 Å². The van der Waals surface area contributed by atoms with Crippen LogP contribution in [0.2, 0.25) is 0 Å². The van der Waals surface area contributed by atoms with Gasteiger partial charge in [0.1, 0.15) is 5.52 Å². The van der Waals surface area contributed by atoms with Crippen molar-refractivity contribution in [3.05, 3.63) is 23.0 Å². The predicted molar refractivity (Wildman–Crippen MR) is 60.1 cm³/mol. The van der Waals surface area contributed by atoms with E-state index < -0.39 is 0 Å². The molecule has 15 heavy (non-hydrogen) atoms. The Labute approximate surface area is 91.8 Å². The van der Waals surface area contributed by atoms with Crippen molar-refractivity contribution in [2.45, 2.75) is 31.8 Å². The van der Waals surface area contributed by atoms with Gasteiger partial charge in [0.25, 0.3) is 0 Å². The van der Waals surface area contributed by atoms with Gasteiger partial charge in [-0.1, -0.05) is 0 Å². The molecular formula is C11H12N2OS. The second-order valence-electron chi connectivity index (χ2n) is 4.18. The summed E-state index contributed by atoms with van der Waals surface area (Å²) >= 11 is 1.67. The molecule has 0 bridgehead atoms. The molecule has 3 rings (SSSR count). The smallest absolute Gasteiger partial charge is 0.103 e. The zero-order valence-corrected chi connectivity index (χ0v) is 9.29. The Morgan fingerprint density at radius 3 is 2.93 bits per heavy atom. The molecule has 1 aliphatic rings. The van der Waals surface area contributed by atoms with Crippen molar-refractivity contribution in [3.8, 4) is 0 Å². The van der Waals surface area contributed by atoms with Crippen molar-refractivity contribution in [1.29, 1.82) is 0 Å². The number of aliphatic hydroxyl groups is 1. The zero-order chi connectivity index (χ0) is 10.4. The number of aryl methyl sites for hydroxylation is 1. The van der Waals surface area contributed by atoms with Gasteiger partial charge in [0.05, 0.1) is 22.0 Å². The summed E-state index contributed by atoms with van der Waals surface area (Å²) in [6, 6.07) is 0. The van der Waals surface area contributed by atoms with Gasteiger partial charge < -0.3 is 5.11 Å². The summed E-state index contributed by atoms with van der Waals surface area (Å²) < 4.78 is 1.24. The van der Waals surface area contributed by atoms with Crippen LogP contribution in [0.4, 0.5) is 0 Å². The second kappa shape index (κ2) is 3.25. The third-order valence-electron chi connectivity index (χ3n) is 3.07. The monoisotopic (exact) mass is 220 g/mol. The lowest BCUT2D eigenvalue weighted by Gasteiger charge is -2.30. The van der Waals surface area contributed by atoms with Crippen LogP contribution in [0.25, 0.3) is 10.2 Å². The van der Waals surface area contributed by atoms with E-state index in [1.807, 2.05) is 11.7 Å². The summed E-state index contributed by atoms with van der Waals surface area (Å²) in [5.74, 6) is 0.408. The molecule has 1 fully saturated rings. The van der Waals surface area contributed by atoms with Gasteiger partial charge in [-0.15, -0.1) is 11.3 Å². The topological polar surface area (TPSA) is 46.0 Å². The van der Waals surface area contributed by atoms with Gasteiger partial charge in [0, 0.05) is 12.1 Å². The van der Waals surface area contributed by atoms with Crippen molar-refractivity contribution < 1.29 is 5.11 Å². The van der Waals surface area contributed by atoms with E-state index in [9.17, 15) is 5.11 Å². The molecule has 0 atom stereocenters. The average molecular weight is 220 g/mol. The summed E-state index contributed by atoms with van der Waals surface area (Å²) in [6.07, 6.45) is 3.46. The number of thiazole rings is 1. The van der Waals surface area contributed by atoms with Crippen molar-refractivity contribution >= 4 is 21.6 Å². The molecule has 1 saturated carbocycles. The molecule has 4 heteroatoms. The maximum atomic E-state index is 9.31. The summed E-state index contributed by atoms with van der Waals surface area (Å²) in [5, 5.41) is 9.31. The first-order chi connectivity index (χ1) is 7.25. The Hall–Kier alpha value is -1.00. The number of rotatable bonds is 1. The number of aliphatic hydroxyl groups excluding tert-OH is 1. The van der Waals surface area contributed by atoms with E-state index in [4.69, 9.17) is 0 Å². The van der Waals surface area contributed by atoms with Crippen LogP contribution >= 0.6 is 11.3 Å². The van der Waals surface area contributed by atoms with Crippen LogP contribution in [0.1, 0.15) is 30.0 Å². The number of hydrogen-bond acceptors (Lipinski definition) is 4. The summed E-state index contributed by atoms with van der Waals surface area (Å²) in [5.41, 5.74) is 5.17. The Morgan fingerprint density at radius 2 is 2.20 bits per heavy atom. The fraction of sp³-hybridized carbons (Fsp3) is 0.455. The molecule has 0 aromatic carbocycles. The number of pyridine rings is 1. The van der Waals surface area contributed by atoms with Crippen LogP contribution in [-0.2, 0) is 0 Å². The first-order valence-corrected chi connectivity index (χ1v) is 6.00. The van der Waals surface area contributed by atoms with E-state index in [0.29, 0.717) is 5.92 Å². The number of hydrogen-bond donors (Lipinski definition) is 1. The molecule has 0 spiro atoms. The average Bonchev–Trinajstić information content (AvgIpc) is 2.64. The van der Waals surface area contributed by atoms with Gasteiger partial charge in [0.15, 0.2) is 0 Å². The molecule has 1 N–H and O–H groups in total. The minimum absolute atomic E-state index is 0.133. The zero-order valence-electron chi connectivity index (χ0n) is 8.47. The maximum Gasteiger partial charge on any atom is 0.103 e. The van der Waals surface area contributed by atoms with Gasteiger partial charge in [-0.05, 0) is 25.3 Å². The van der Waals surface area contributed by atoms with Crippen molar-refractivity contribution in [3.63, 3.8) is 0 Å². The lowest BCUT2D eigenvalue weighted by Crippen LogP contribution is -2.27. The molecule has 78 valence electrons. The fourth-order valence-corrected chi connectivity index (χ4v) is 2.88. The Balaban J connectivity index is 2.11. The minimum Gasteiger partial charge on any atom is -0.393 e. The quantitative estimate of drug-likeness (QED) is 0.801. The van der Waals surface area contributed by atoms with Crippen molar-refractivity contribution in [2.75, 3.05) is 0 Å². The Kier molecular flexibility index (Phi) is 2.00. The Bertz CT molecular complexity index is 502. The third kappa shape index (κ3) is 1.36. The normalized spacial score (nSPS) is 25.5. The van der Waals surface area contributed by atoms with Gasteiger partial charge in [0.2, 0.25) is 0 Å². The van der Waals surface area contributed by atoms with E-state index in [1.54, 1.807) is 11.3 Å². The molecule has 3 nitrogen and oxygen atoms in total. The molecule has 2 aromatic heterocycles. The van der Waals surface area contributed by atoms with E-state index in [2.05, 4.69) is 16.9 Å². The molecule has 0 saturated heterocycles. The highest BCUT2D eigenvalue weighted by molar-refractivity contribution is 7.17. The Morgan fingerprint density at radius 1 is 1.40 bits per heavy atom. The van der Waals surface area contributed by atoms with E-state index in [-0.39, 0.29) is 6.10 Å². The molecular weight excluding hydrogens is 208 g/mol. The van der Waals surface area contributed by atoms with Crippen LogP contribution in [0, 0.1) is 6.92 Å². The van der Waals surface area contributed by atoms with Crippen LogP contribution in [0.3, 0.4) is 0 Å². The highest BCUT2D eigenvalue weighted by Crippen LogP contribution is 2.39. The predicted octanol–water partition coefficient (Wildman–Crippen LogP) is 2.24. The molecule has 0 unspecified atom stereocenters. The summed E-state index contributed by atoms with van der Waals surface area (Å²) in [7, 11) is 0. The lowest BCUT2D eigenvalue weighted by atomic mass is 9.79. The van der Waals surface area contributed by atoms with Gasteiger partial charge in [-0.25, -0.2) is 4.98 Å². The van der Waals surface area contributed by atoms with E-state index in [1.165, 1.54) is 10.3 Å². The molecule has 2 aromatic rings. The van der Waals surface area contributed by atoms with Gasteiger partial charge >= 0.3 is 0 Å².